The van der Waals surface area contributed by atoms with E-state index < -0.39 is 0 Å². The Labute approximate surface area is 81.9 Å². The van der Waals surface area contributed by atoms with Crippen LogP contribution in [0.4, 0.5) is 5.88 Å². The highest BCUT2D eigenvalue weighted by Crippen LogP contribution is 1.99. The highest BCUT2D eigenvalue weighted by Gasteiger charge is 2.07. The summed E-state index contributed by atoms with van der Waals surface area (Å²) in [7, 11) is 0. The predicted molar refractivity (Wildman–Crippen MR) is 51.3 cm³/mol. The number of aryl methyl sites for hydroxylation is 2. The Hall–Kier alpha value is -1.84. The summed E-state index contributed by atoms with van der Waals surface area (Å²) in [6.45, 7) is 0.782. The van der Waals surface area contributed by atoms with Crippen LogP contribution in [0.25, 0.3) is 0 Å². The van der Waals surface area contributed by atoms with E-state index in [4.69, 9.17) is 10.3 Å². The molecule has 1 aromatic heterocycles. The van der Waals surface area contributed by atoms with E-state index in [-0.39, 0.29) is 0 Å². The number of nitrogens with two attached hydrogens (primary N) is 1. The fourth-order valence-corrected chi connectivity index (χ4v) is 1.29. The van der Waals surface area contributed by atoms with Crippen molar-refractivity contribution in [2.75, 3.05) is 5.73 Å². The first-order chi connectivity index (χ1) is 6.84. The molecule has 2 N–H and O–H groups in total. The van der Waals surface area contributed by atoms with Crippen LogP contribution >= 0.6 is 0 Å². The minimum atomic E-state index is 0.345. The van der Waals surface area contributed by atoms with Gasteiger partial charge in [0.1, 0.15) is 0 Å². The molecule has 0 fully saturated rings. The van der Waals surface area contributed by atoms with E-state index in [9.17, 15) is 0 Å². The zero-order valence-corrected chi connectivity index (χ0v) is 7.76. The lowest BCUT2D eigenvalue weighted by atomic mass is 10.1. The van der Waals surface area contributed by atoms with Crippen molar-refractivity contribution >= 4 is 5.88 Å². The van der Waals surface area contributed by atoms with Gasteiger partial charge in [0.15, 0.2) is 6.54 Å². The van der Waals surface area contributed by atoms with Crippen molar-refractivity contribution in [3.8, 4) is 0 Å². The second kappa shape index (κ2) is 3.91. The van der Waals surface area contributed by atoms with Crippen LogP contribution in [0, 0.1) is 0 Å². The lowest BCUT2D eigenvalue weighted by Crippen LogP contribution is -2.35. The Morgan fingerprint density at radius 1 is 1.29 bits per heavy atom. The van der Waals surface area contributed by atoms with Crippen molar-refractivity contribution < 1.29 is 9.20 Å². The molecular weight excluding hydrogens is 178 g/mol. The SMILES string of the molecule is Nc1c[n+](CCc2ccccc2)no1. The summed E-state index contributed by atoms with van der Waals surface area (Å²) < 4.78 is 6.44. The fourth-order valence-electron chi connectivity index (χ4n) is 1.29. The van der Waals surface area contributed by atoms with Crippen LogP contribution in [0.1, 0.15) is 5.56 Å². The van der Waals surface area contributed by atoms with E-state index in [1.54, 1.807) is 10.9 Å². The Balaban J connectivity index is 1.95. The molecule has 0 unspecified atom stereocenters. The number of aromatic nitrogens is 2. The van der Waals surface area contributed by atoms with E-state index in [2.05, 4.69) is 17.4 Å². The summed E-state index contributed by atoms with van der Waals surface area (Å²) in [5.74, 6) is 0.345. The molecule has 14 heavy (non-hydrogen) atoms. The Morgan fingerprint density at radius 2 is 2.07 bits per heavy atom. The molecule has 2 rings (SSSR count). The molecule has 2 aromatic rings. The predicted octanol–water partition coefficient (Wildman–Crippen LogP) is 0.787. The Kier molecular flexibility index (Phi) is 2.44. The molecule has 4 heteroatoms. The lowest BCUT2D eigenvalue weighted by Gasteiger charge is -1.93. The van der Waals surface area contributed by atoms with Gasteiger partial charge in [-0.1, -0.05) is 35.0 Å². The van der Waals surface area contributed by atoms with Crippen molar-refractivity contribution in [2.24, 2.45) is 0 Å². The number of nitrogens with zero attached hydrogens (tertiary/aromatic N) is 2. The van der Waals surface area contributed by atoms with Crippen LogP contribution in [0.5, 0.6) is 0 Å². The van der Waals surface area contributed by atoms with E-state index in [1.165, 1.54) is 5.56 Å². The zero-order chi connectivity index (χ0) is 9.80. The van der Waals surface area contributed by atoms with Crippen LogP contribution in [-0.2, 0) is 13.0 Å². The third-order valence-electron chi connectivity index (χ3n) is 2.00. The van der Waals surface area contributed by atoms with Gasteiger partial charge in [-0.05, 0) is 5.56 Å². The molecule has 1 heterocycles. The maximum absolute atomic E-state index is 5.40. The van der Waals surface area contributed by atoms with Gasteiger partial charge in [-0.2, -0.15) is 0 Å². The van der Waals surface area contributed by atoms with Crippen molar-refractivity contribution in [3.63, 3.8) is 0 Å². The summed E-state index contributed by atoms with van der Waals surface area (Å²) in [6, 6.07) is 10.2. The number of anilines is 1. The first-order valence-corrected chi connectivity index (χ1v) is 4.50. The average molecular weight is 190 g/mol. The molecule has 4 nitrogen and oxygen atoms in total. The van der Waals surface area contributed by atoms with Crippen LogP contribution in [0.3, 0.4) is 0 Å². The lowest BCUT2D eigenvalue weighted by molar-refractivity contribution is -0.761. The molecule has 0 aliphatic heterocycles. The standard InChI is InChI=1S/C10H12N3O/c11-10-8-13(12-14-10)7-6-9-4-2-1-3-5-9/h1-5,8H,6-7,11H2/q+1. The molecule has 1 aromatic carbocycles. The quantitative estimate of drug-likeness (QED) is 0.728. The minimum Gasteiger partial charge on any atom is -0.362 e. The van der Waals surface area contributed by atoms with Crippen LogP contribution < -0.4 is 10.4 Å². The van der Waals surface area contributed by atoms with Gasteiger partial charge >= 0.3 is 0 Å². The molecule has 0 spiro atoms. The van der Waals surface area contributed by atoms with Crippen molar-refractivity contribution in [1.29, 1.82) is 0 Å². The number of hydrogen-bond acceptors (Lipinski definition) is 3. The summed E-state index contributed by atoms with van der Waals surface area (Å²) in [5, 5.41) is 3.75. The third-order valence-corrected chi connectivity index (χ3v) is 2.00. The summed E-state index contributed by atoms with van der Waals surface area (Å²) in [5.41, 5.74) is 6.68. The Bertz CT molecular complexity index is 397. The van der Waals surface area contributed by atoms with Gasteiger partial charge in [-0.15, -0.1) is 0 Å². The number of nitrogen functional groups attached to an aromatic ring is 1. The highest BCUT2D eigenvalue weighted by atomic mass is 16.5. The molecule has 72 valence electrons. The number of hydrogen-bond donors (Lipinski definition) is 1. The van der Waals surface area contributed by atoms with Crippen LogP contribution in [0.2, 0.25) is 0 Å². The van der Waals surface area contributed by atoms with Gasteiger partial charge in [0.25, 0.3) is 12.1 Å². The molecule has 0 radical (unpaired) electrons. The molecule has 0 amide bonds. The largest absolute Gasteiger partial charge is 0.362 e. The normalized spacial score (nSPS) is 10.3. The molecular formula is C10H12N3O+. The summed E-state index contributed by atoms with van der Waals surface area (Å²) in [4.78, 5) is 0. The monoisotopic (exact) mass is 190 g/mol. The smallest absolute Gasteiger partial charge is 0.293 e. The van der Waals surface area contributed by atoms with Crippen LogP contribution in [-0.4, -0.2) is 5.27 Å². The second-order valence-corrected chi connectivity index (χ2v) is 3.10. The van der Waals surface area contributed by atoms with Gasteiger partial charge in [-0.3, -0.25) is 4.52 Å². The molecule has 0 atom stereocenters. The zero-order valence-electron chi connectivity index (χ0n) is 7.76. The van der Waals surface area contributed by atoms with Crippen molar-refractivity contribution in [3.05, 3.63) is 42.1 Å². The van der Waals surface area contributed by atoms with Crippen molar-refractivity contribution in [1.82, 2.24) is 5.27 Å². The van der Waals surface area contributed by atoms with Gasteiger partial charge in [0.05, 0.1) is 0 Å². The average Bonchev–Trinajstić information content (AvgIpc) is 2.63. The molecule has 0 bridgehead atoms. The summed E-state index contributed by atoms with van der Waals surface area (Å²) in [6.07, 6.45) is 2.61. The van der Waals surface area contributed by atoms with E-state index in [1.807, 2.05) is 18.2 Å². The molecule has 0 saturated heterocycles. The maximum Gasteiger partial charge on any atom is 0.293 e. The van der Waals surface area contributed by atoms with Crippen molar-refractivity contribution in [2.45, 2.75) is 13.0 Å². The molecule has 0 saturated carbocycles. The fraction of sp³-hybridized carbons (Fsp3) is 0.200. The second-order valence-electron chi connectivity index (χ2n) is 3.10. The first-order valence-electron chi connectivity index (χ1n) is 4.50. The van der Waals surface area contributed by atoms with Gasteiger partial charge in [-0.25, -0.2) is 0 Å². The van der Waals surface area contributed by atoms with E-state index in [0.717, 1.165) is 13.0 Å². The third kappa shape index (κ3) is 2.10. The molecule has 0 aliphatic carbocycles. The minimum absolute atomic E-state index is 0.345. The number of benzene rings is 1. The highest BCUT2D eigenvalue weighted by molar-refractivity contribution is 5.14. The summed E-state index contributed by atoms with van der Waals surface area (Å²) >= 11 is 0. The van der Waals surface area contributed by atoms with E-state index in [0.29, 0.717) is 5.88 Å². The van der Waals surface area contributed by atoms with Gasteiger partial charge in [0.2, 0.25) is 5.27 Å². The van der Waals surface area contributed by atoms with Crippen LogP contribution in [0.15, 0.2) is 41.1 Å². The topological polar surface area (TPSA) is 55.9 Å². The Morgan fingerprint density at radius 3 is 2.71 bits per heavy atom. The van der Waals surface area contributed by atoms with Gasteiger partial charge in [0, 0.05) is 6.42 Å². The first kappa shape index (κ1) is 8.74. The maximum atomic E-state index is 5.40. The van der Waals surface area contributed by atoms with E-state index >= 15 is 0 Å². The number of rotatable bonds is 3. The molecule has 0 aliphatic rings. The van der Waals surface area contributed by atoms with Gasteiger partial charge < -0.3 is 5.73 Å².